The first-order valence-electron chi connectivity index (χ1n) is 12.0. The molecule has 0 spiro atoms. The first kappa shape index (κ1) is 25.6. The van der Waals surface area contributed by atoms with Crippen LogP contribution in [0.3, 0.4) is 0 Å². The number of imidazole rings is 1. The van der Waals surface area contributed by atoms with Crippen LogP contribution in [0.2, 0.25) is 0 Å². The van der Waals surface area contributed by atoms with Crippen molar-refractivity contribution in [2.75, 3.05) is 10.7 Å². The molecule has 1 amide bonds. The van der Waals surface area contributed by atoms with Gasteiger partial charge in [-0.25, -0.2) is 9.97 Å². The molecule has 0 saturated carbocycles. The van der Waals surface area contributed by atoms with Crippen molar-refractivity contribution in [2.24, 2.45) is 10.2 Å². The Hall–Kier alpha value is -4.65. The van der Waals surface area contributed by atoms with Crippen molar-refractivity contribution in [3.8, 4) is 11.3 Å². The molecule has 3 aromatic heterocycles. The van der Waals surface area contributed by atoms with Crippen molar-refractivity contribution in [3.63, 3.8) is 0 Å². The first-order valence-corrected chi connectivity index (χ1v) is 13.0. The largest absolute Gasteiger partial charge is 0.435 e. The Labute approximate surface area is 229 Å². The number of alkyl halides is 3. The number of aromatic amines is 1. The number of aromatic nitrogens is 5. The van der Waals surface area contributed by atoms with Crippen LogP contribution in [0, 0.1) is 13.8 Å². The highest BCUT2D eigenvalue weighted by atomic mass is 32.2. The number of amidine groups is 1. The highest BCUT2D eigenvalue weighted by molar-refractivity contribution is 8.15. The summed E-state index contributed by atoms with van der Waals surface area (Å²) in [5.41, 5.74) is 4.69. The predicted octanol–water partition coefficient (Wildman–Crippen LogP) is 5.67. The highest BCUT2D eigenvalue weighted by Crippen LogP contribution is 2.34. The van der Waals surface area contributed by atoms with E-state index in [2.05, 4.69) is 35.4 Å². The minimum atomic E-state index is -4.59. The van der Waals surface area contributed by atoms with Gasteiger partial charge in [0.2, 0.25) is 5.91 Å². The number of rotatable bonds is 4. The zero-order valence-electron chi connectivity index (χ0n) is 21.1. The van der Waals surface area contributed by atoms with Gasteiger partial charge in [0.15, 0.2) is 10.9 Å². The van der Waals surface area contributed by atoms with E-state index >= 15 is 0 Å². The number of benzene rings is 2. The Kier molecular flexibility index (Phi) is 6.29. The molecular weight excluding hydrogens is 541 g/mol. The molecule has 1 aliphatic rings. The van der Waals surface area contributed by atoms with E-state index in [-0.39, 0.29) is 17.4 Å². The lowest BCUT2D eigenvalue weighted by Gasteiger charge is -2.20. The normalized spacial score (nSPS) is 15.4. The lowest BCUT2D eigenvalue weighted by Crippen LogP contribution is -2.30. The standard InChI is InChI=1S/C27H19F3N8OS/c1-14-4-3-5-15(2)25(14)38-22(39)12-40-26(38)37-33-11-16-6-7-17-20(34-16)10-18(24-23(17)31-13-32-24)19-8-9-21(36-35-19)27(28,29)30/h3-11,13,34H,12H2,1-2H3/b33-11+,37-26-. The lowest BCUT2D eigenvalue weighted by molar-refractivity contribution is -0.141. The Morgan fingerprint density at radius 1 is 1.02 bits per heavy atom. The lowest BCUT2D eigenvalue weighted by atomic mass is 10.0. The van der Waals surface area contributed by atoms with Crippen LogP contribution in [-0.2, 0) is 11.0 Å². The molecule has 0 aliphatic carbocycles. The maximum absolute atomic E-state index is 13.0. The highest BCUT2D eigenvalue weighted by Gasteiger charge is 2.33. The van der Waals surface area contributed by atoms with Crippen LogP contribution < -0.4 is 4.90 Å². The second kappa shape index (κ2) is 9.83. The number of H-pyrrole nitrogens is 1. The number of halogens is 3. The van der Waals surface area contributed by atoms with Gasteiger partial charge in [-0.15, -0.1) is 15.3 Å². The van der Waals surface area contributed by atoms with E-state index in [0.717, 1.165) is 28.3 Å². The molecule has 2 aromatic carbocycles. The van der Waals surface area contributed by atoms with Crippen molar-refractivity contribution in [1.29, 1.82) is 0 Å². The third-order valence-corrected chi connectivity index (χ3v) is 7.31. The fourth-order valence-electron chi connectivity index (χ4n) is 4.57. The molecule has 0 radical (unpaired) electrons. The van der Waals surface area contributed by atoms with E-state index in [1.54, 1.807) is 17.0 Å². The number of thioether (sulfide) groups is 1. The number of pyridine rings is 1. The van der Waals surface area contributed by atoms with E-state index in [0.29, 0.717) is 33.0 Å². The van der Waals surface area contributed by atoms with Crippen LogP contribution in [0.25, 0.3) is 33.2 Å². The summed E-state index contributed by atoms with van der Waals surface area (Å²) in [5.74, 6) is 0.212. The third kappa shape index (κ3) is 4.57. The average molecular weight is 561 g/mol. The van der Waals surface area contributed by atoms with E-state index in [4.69, 9.17) is 0 Å². The van der Waals surface area contributed by atoms with Crippen LogP contribution in [0.15, 0.2) is 65.1 Å². The number of carbonyl (C=O) groups is 1. The van der Waals surface area contributed by atoms with Crippen molar-refractivity contribution >= 4 is 56.7 Å². The van der Waals surface area contributed by atoms with Gasteiger partial charge >= 0.3 is 6.18 Å². The van der Waals surface area contributed by atoms with Crippen molar-refractivity contribution < 1.29 is 18.0 Å². The number of anilines is 1. The quantitative estimate of drug-likeness (QED) is 0.224. The number of nitrogens with one attached hydrogen (secondary N) is 1. The molecule has 1 aliphatic heterocycles. The van der Waals surface area contributed by atoms with Crippen LogP contribution in [-0.4, -0.2) is 48.2 Å². The molecule has 0 bridgehead atoms. The van der Waals surface area contributed by atoms with Crippen LogP contribution in [0.1, 0.15) is 22.5 Å². The van der Waals surface area contributed by atoms with Gasteiger partial charge in [0.25, 0.3) is 0 Å². The van der Waals surface area contributed by atoms with Crippen molar-refractivity contribution in [3.05, 3.63) is 77.4 Å². The summed E-state index contributed by atoms with van der Waals surface area (Å²) < 4.78 is 38.9. The Morgan fingerprint density at radius 2 is 1.80 bits per heavy atom. The number of para-hydroxylation sites is 1. The van der Waals surface area contributed by atoms with E-state index in [1.807, 2.05) is 38.1 Å². The van der Waals surface area contributed by atoms with Crippen LogP contribution in [0.4, 0.5) is 18.9 Å². The summed E-state index contributed by atoms with van der Waals surface area (Å²) in [6.07, 6.45) is -1.67. The molecule has 0 atom stereocenters. The topological polar surface area (TPSA) is 112 Å². The average Bonchev–Trinajstić information content (AvgIpc) is 3.55. The molecule has 40 heavy (non-hydrogen) atoms. The summed E-state index contributed by atoms with van der Waals surface area (Å²) in [6, 6.07) is 13.4. The van der Waals surface area contributed by atoms with Crippen LogP contribution >= 0.6 is 11.8 Å². The van der Waals surface area contributed by atoms with Crippen molar-refractivity contribution in [1.82, 2.24) is 25.1 Å². The molecule has 1 saturated heterocycles. The minimum Gasteiger partial charge on any atom is -0.354 e. The summed E-state index contributed by atoms with van der Waals surface area (Å²) in [6.45, 7) is 3.89. The molecule has 9 nitrogen and oxygen atoms in total. The zero-order valence-corrected chi connectivity index (χ0v) is 21.9. The van der Waals surface area contributed by atoms with Gasteiger partial charge in [0, 0.05) is 16.5 Å². The van der Waals surface area contributed by atoms with Crippen LogP contribution in [0.5, 0.6) is 0 Å². The molecular formula is C27H19F3N8OS. The van der Waals surface area contributed by atoms with Gasteiger partial charge in [0.05, 0.1) is 29.0 Å². The molecule has 4 heterocycles. The van der Waals surface area contributed by atoms with Gasteiger partial charge in [-0.05, 0) is 55.3 Å². The molecule has 5 aromatic rings. The fraction of sp³-hybridized carbons (Fsp3) is 0.148. The number of hydrogen-bond acceptors (Lipinski definition) is 8. The van der Waals surface area contributed by atoms with E-state index in [1.165, 1.54) is 30.4 Å². The SMILES string of the molecule is Cc1cccc(C)c1N1C(=O)CS/C1=N\N=C\c1ccc2c(cc(-c3ccc(C(F)(F)F)nn3)c3ncnc32)[nH]1. The molecule has 200 valence electrons. The second-order valence-electron chi connectivity index (χ2n) is 9.06. The Balaban J connectivity index is 1.35. The number of hydrogen-bond donors (Lipinski definition) is 1. The maximum Gasteiger partial charge on any atom is 0.435 e. The molecule has 6 rings (SSSR count). The molecule has 1 fully saturated rings. The fourth-order valence-corrected chi connectivity index (χ4v) is 5.38. The number of aryl methyl sites for hydroxylation is 2. The van der Waals surface area contributed by atoms with Gasteiger partial charge < -0.3 is 4.98 Å². The molecule has 1 N–H and O–H groups in total. The van der Waals surface area contributed by atoms with E-state index < -0.39 is 11.9 Å². The summed E-state index contributed by atoms with van der Waals surface area (Å²) >= 11 is 1.32. The summed E-state index contributed by atoms with van der Waals surface area (Å²) in [5, 5.41) is 16.9. The van der Waals surface area contributed by atoms with Gasteiger partial charge in [0.1, 0.15) is 17.4 Å². The number of carbonyl (C=O) groups excluding carboxylic acids is 1. The molecule has 13 heteroatoms. The monoisotopic (exact) mass is 560 g/mol. The first-order chi connectivity index (χ1) is 19.2. The predicted molar refractivity (Wildman–Crippen MR) is 148 cm³/mol. The van der Waals surface area contributed by atoms with Crippen molar-refractivity contribution in [2.45, 2.75) is 20.0 Å². The Morgan fingerprint density at radius 3 is 2.52 bits per heavy atom. The van der Waals surface area contributed by atoms with Gasteiger partial charge in [-0.2, -0.15) is 18.3 Å². The Bertz CT molecular complexity index is 1830. The zero-order chi connectivity index (χ0) is 28.0. The van der Waals surface area contributed by atoms with E-state index in [9.17, 15) is 18.0 Å². The number of nitrogens with zero attached hydrogens (tertiary/aromatic N) is 7. The number of fused-ring (bicyclic) bond motifs is 3. The summed E-state index contributed by atoms with van der Waals surface area (Å²) in [4.78, 5) is 26.1. The maximum atomic E-state index is 13.0. The summed E-state index contributed by atoms with van der Waals surface area (Å²) in [7, 11) is 0. The van der Waals surface area contributed by atoms with Gasteiger partial charge in [-0.3, -0.25) is 9.69 Å². The van der Waals surface area contributed by atoms with Gasteiger partial charge in [-0.1, -0.05) is 30.0 Å². The smallest absolute Gasteiger partial charge is 0.354 e. The third-order valence-electron chi connectivity index (χ3n) is 6.40. The molecule has 0 unspecified atom stereocenters. The minimum absolute atomic E-state index is 0.0627. The number of amides is 1. The second-order valence-corrected chi connectivity index (χ2v) is 10.00.